The van der Waals surface area contributed by atoms with Gasteiger partial charge in [-0.3, -0.25) is 0 Å². The van der Waals surface area contributed by atoms with Crippen molar-refractivity contribution in [2.24, 2.45) is 5.73 Å². The van der Waals surface area contributed by atoms with Crippen LogP contribution in [0.3, 0.4) is 0 Å². The van der Waals surface area contributed by atoms with E-state index in [1.165, 1.54) is 10.4 Å². The van der Waals surface area contributed by atoms with Crippen LogP contribution < -0.4 is 5.73 Å². The number of sulfonamides is 1. The first kappa shape index (κ1) is 17.0. The van der Waals surface area contributed by atoms with E-state index in [0.29, 0.717) is 11.1 Å². The van der Waals surface area contributed by atoms with Crippen LogP contribution in [0.5, 0.6) is 0 Å². The fourth-order valence-electron chi connectivity index (χ4n) is 1.97. The third kappa shape index (κ3) is 3.54. The lowest BCUT2D eigenvalue weighted by atomic mass is 10.1. The van der Waals surface area contributed by atoms with E-state index in [4.69, 9.17) is 23.1 Å². The van der Waals surface area contributed by atoms with Gasteiger partial charge in [0.15, 0.2) is 0 Å². The van der Waals surface area contributed by atoms with Gasteiger partial charge >= 0.3 is 0 Å². The third-order valence-corrected chi connectivity index (χ3v) is 5.41. The molecule has 0 spiro atoms. The Hall–Kier alpha value is -1.02. The zero-order chi connectivity index (χ0) is 15.5. The van der Waals surface area contributed by atoms with Crippen molar-refractivity contribution in [1.82, 2.24) is 4.31 Å². The molecule has 0 radical (unpaired) electrons. The highest BCUT2D eigenvalue weighted by Crippen LogP contribution is 2.22. The summed E-state index contributed by atoms with van der Waals surface area (Å²) in [5, 5.41) is 9.04. The lowest BCUT2D eigenvalue weighted by Crippen LogP contribution is -2.39. The maximum Gasteiger partial charge on any atom is 0.243 e. The Balaban J connectivity index is 3.31. The monoisotopic (exact) mass is 316 g/mol. The molecule has 5 nitrogen and oxygen atoms in total. The highest BCUT2D eigenvalue weighted by Gasteiger charge is 2.27. The van der Waals surface area contributed by atoms with Gasteiger partial charge in [0.2, 0.25) is 10.0 Å². The predicted molar refractivity (Wildman–Crippen MR) is 83.2 cm³/mol. The minimum atomic E-state index is -3.65. The molecule has 0 saturated carbocycles. The quantitative estimate of drug-likeness (QED) is 0.766. The number of aliphatic hydroxyl groups is 1. The van der Waals surface area contributed by atoms with E-state index in [1.807, 2.05) is 0 Å². The molecule has 0 atom stereocenters. The first-order valence-corrected chi connectivity index (χ1v) is 8.09. The van der Waals surface area contributed by atoms with E-state index in [2.05, 4.69) is 0 Å². The zero-order valence-corrected chi connectivity index (χ0v) is 13.5. The van der Waals surface area contributed by atoms with Gasteiger partial charge in [-0.25, -0.2) is 8.42 Å². The fourth-order valence-corrected chi connectivity index (χ4v) is 3.94. The minimum Gasteiger partial charge on any atom is -0.395 e. The molecule has 112 valence electrons. The summed E-state index contributed by atoms with van der Waals surface area (Å²) in [4.78, 5) is 0.438. The minimum absolute atomic E-state index is 0.0660. The van der Waals surface area contributed by atoms with Crippen molar-refractivity contribution >= 4 is 27.2 Å². The Labute approximate surface area is 125 Å². The van der Waals surface area contributed by atoms with Gasteiger partial charge in [0.05, 0.1) is 11.5 Å². The van der Waals surface area contributed by atoms with Crippen molar-refractivity contribution in [2.75, 3.05) is 13.2 Å². The van der Waals surface area contributed by atoms with Crippen LogP contribution in [0.4, 0.5) is 0 Å². The average molecular weight is 316 g/mol. The van der Waals surface area contributed by atoms with Crippen molar-refractivity contribution in [3.05, 3.63) is 29.3 Å². The van der Waals surface area contributed by atoms with Crippen LogP contribution in [0.2, 0.25) is 0 Å². The molecule has 1 aromatic rings. The van der Waals surface area contributed by atoms with E-state index in [-0.39, 0.29) is 29.1 Å². The third-order valence-electron chi connectivity index (χ3n) is 2.94. The average Bonchev–Trinajstić information content (AvgIpc) is 2.34. The van der Waals surface area contributed by atoms with E-state index < -0.39 is 10.0 Å². The molecule has 0 aliphatic carbocycles. The molecule has 0 saturated heterocycles. The van der Waals surface area contributed by atoms with E-state index in [9.17, 15) is 8.42 Å². The molecule has 0 aliphatic heterocycles. The lowest BCUT2D eigenvalue weighted by molar-refractivity contribution is 0.236. The summed E-state index contributed by atoms with van der Waals surface area (Å²) >= 11 is 4.88. The number of benzene rings is 1. The van der Waals surface area contributed by atoms with Crippen LogP contribution in [-0.2, 0) is 10.0 Å². The smallest absolute Gasteiger partial charge is 0.243 e. The zero-order valence-electron chi connectivity index (χ0n) is 11.8. The van der Waals surface area contributed by atoms with Gasteiger partial charge in [-0.05, 0) is 38.5 Å². The number of nitrogens with two attached hydrogens (primary N) is 1. The van der Waals surface area contributed by atoms with Crippen LogP contribution in [0, 0.1) is 6.92 Å². The van der Waals surface area contributed by atoms with Gasteiger partial charge < -0.3 is 10.8 Å². The molecule has 0 aliphatic rings. The van der Waals surface area contributed by atoms with Crippen molar-refractivity contribution < 1.29 is 13.5 Å². The van der Waals surface area contributed by atoms with Crippen molar-refractivity contribution in [2.45, 2.75) is 31.7 Å². The molecule has 0 amide bonds. The largest absolute Gasteiger partial charge is 0.395 e. The van der Waals surface area contributed by atoms with Gasteiger partial charge in [0, 0.05) is 18.2 Å². The molecule has 0 bridgehead atoms. The summed E-state index contributed by atoms with van der Waals surface area (Å²) in [5.74, 6) is 0. The summed E-state index contributed by atoms with van der Waals surface area (Å²) in [6, 6.07) is 4.53. The molecule has 0 heterocycles. The van der Waals surface area contributed by atoms with Gasteiger partial charge in [-0.1, -0.05) is 18.3 Å². The summed E-state index contributed by atoms with van der Waals surface area (Å²) < 4.78 is 26.5. The van der Waals surface area contributed by atoms with E-state index >= 15 is 0 Å². The Kier molecular flexibility index (Phi) is 5.64. The van der Waals surface area contributed by atoms with Crippen LogP contribution in [-0.4, -0.2) is 42.0 Å². The standard InChI is InChI=1S/C13H20N2O3S2/c1-9(2)15(6-7-16)20(17,18)12-5-4-11(13(14)19)8-10(12)3/h4-5,8-9,16H,6-7H2,1-3H3,(H2,14,19). The Bertz CT molecular complexity index is 598. The van der Waals surface area contributed by atoms with Crippen LogP contribution in [0.1, 0.15) is 25.0 Å². The second-order valence-electron chi connectivity index (χ2n) is 4.78. The molecule has 0 aromatic heterocycles. The Morgan fingerprint density at radius 2 is 2.05 bits per heavy atom. The first-order valence-electron chi connectivity index (χ1n) is 6.25. The topological polar surface area (TPSA) is 83.6 Å². The molecule has 0 unspecified atom stereocenters. The fraction of sp³-hybridized carbons (Fsp3) is 0.462. The second kappa shape index (κ2) is 6.62. The molecular formula is C13H20N2O3S2. The normalized spacial score (nSPS) is 12.1. The maximum absolute atomic E-state index is 12.6. The number of thiocarbonyl (C=S) groups is 1. The molecule has 7 heteroatoms. The van der Waals surface area contributed by atoms with Crippen molar-refractivity contribution in [3.8, 4) is 0 Å². The molecule has 3 N–H and O–H groups in total. The number of nitrogens with zero attached hydrogens (tertiary/aromatic N) is 1. The molecule has 20 heavy (non-hydrogen) atoms. The first-order chi connectivity index (χ1) is 9.21. The summed E-state index contributed by atoms with van der Waals surface area (Å²) in [6.07, 6.45) is 0. The Morgan fingerprint density at radius 3 is 2.45 bits per heavy atom. The van der Waals surface area contributed by atoms with Crippen LogP contribution in [0.15, 0.2) is 23.1 Å². The highest BCUT2D eigenvalue weighted by molar-refractivity contribution is 7.89. The van der Waals surface area contributed by atoms with E-state index in [0.717, 1.165) is 0 Å². The number of aliphatic hydroxyl groups excluding tert-OH is 1. The van der Waals surface area contributed by atoms with E-state index in [1.54, 1.807) is 32.9 Å². The second-order valence-corrected chi connectivity index (χ2v) is 7.08. The summed E-state index contributed by atoms with van der Waals surface area (Å²) in [7, 11) is -3.65. The van der Waals surface area contributed by atoms with Crippen LogP contribution >= 0.6 is 12.2 Å². The maximum atomic E-state index is 12.6. The van der Waals surface area contributed by atoms with Gasteiger partial charge in [0.25, 0.3) is 0 Å². The van der Waals surface area contributed by atoms with Gasteiger partial charge in [0.1, 0.15) is 4.99 Å². The molecule has 1 aromatic carbocycles. The number of rotatable bonds is 6. The SMILES string of the molecule is Cc1cc(C(N)=S)ccc1S(=O)(=O)N(CCO)C(C)C. The Morgan fingerprint density at radius 1 is 1.45 bits per heavy atom. The lowest BCUT2D eigenvalue weighted by Gasteiger charge is -2.26. The van der Waals surface area contributed by atoms with Gasteiger partial charge in [-0.15, -0.1) is 0 Å². The summed E-state index contributed by atoms with van der Waals surface area (Å²) in [6.45, 7) is 5.09. The number of aryl methyl sites for hydroxylation is 1. The highest BCUT2D eigenvalue weighted by atomic mass is 32.2. The van der Waals surface area contributed by atoms with Crippen molar-refractivity contribution in [3.63, 3.8) is 0 Å². The predicted octanol–water partition coefficient (Wildman–Crippen LogP) is 1.02. The molecule has 1 rings (SSSR count). The van der Waals surface area contributed by atoms with Crippen LogP contribution in [0.25, 0.3) is 0 Å². The molecule has 0 fully saturated rings. The number of hydrogen-bond acceptors (Lipinski definition) is 4. The van der Waals surface area contributed by atoms with Crippen molar-refractivity contribution in [1.29, 1.82) is 0 Å². The summed E-state index contributed by atoms with van der Waals surface area (Å²) in [5.41, 5.74) is 6.75. The van der Waals surface area contributed by atoms with Gasteiger partial charge in [-0.2, -0.15) is 4.31 Å². The number of hydrogen-bond donors (Lipinski definition) is 2. The molecular weight excluding hydrogens is 296 g/mol.